The molecule has 2 aromatic rings. The van der Waals surface area contributed by atoms with E-state index in [0.29, 0.717) is 31.8 Å². The maximum absolute atomic E-state index is 12.4. The first-order valence-electron chi connectivity index (χ1n) is 13.6. The molecule has 9 nitrogen and oxygen atoms in total. The first-order valence-corrected chi connectivity index (χ1v) is 13.6. The molecule has 0 spiro atoms. The molecular weight excluding hydrogens is 480 g/mol. The van der Waals surface area contributed by atoms with Gasteiger partial charge in [0.05, 0.1) is 12.0 Å². The Morgan fingerprint density at radius 1 is 1.16 bits per heavy atom. The molecule has 3 aliphatic heterocycles. The molecule has 2 N–H and O–H groups in total. The highest BCUT2D eigenvalue weighted by Gasteiger charge is 2.30. The van der Waals surface area contributed by atoms with Gasteiger partial charge in [-0.05, 0) is 30.7 Å². The second-order valence-electron chi connectivity index (χ2n) is 10.7. The summed E-state index contributed by atoms with van der Waals surface area (Å²) < 4.78 is 5.52. The lowest BCUT2D eigenvalue weighted by molar-refractivity contribution is -0.132. The van der Waals surface area contributed by atoms with Gasteiger partial charge in [-0.3, -0.25) is 14.6 Å². The van der Waals surface area contributed by atoms with Gasteiger partial charge in [-0.1, -0.05) is 18.2 Å². The summed E-state index contributed by atoms with van der Waals surface area (Å²) in [6.45, 7) is 5.66. The summed E-state index contributed by atoms with van der Waals surface area (Å²) >= 11 is 0. The number of aliphatic imine (C=N–C) groups is 1. The van der Waals surface area contributed by atoms with Crippen molar-refractivity contribution >= 4 is 39.8 Å². The number of likely N-dealkylation sites (tertiary alicyclic amines) is 1. The second-order valence-corrected chi connectivity index (χ2v) is 10.7. The van der Waals surface area contributed by atoms with Crippen LogP contribution in [0.3, 0.4) is 0 Å². The van der Waals surface area contributed by atoms with Crippen molar-refractivity contribution in [1.82, 2.24) is 14.8 Å². The van der Waals surface area contributed by atoms with E-state index in [1.807, 2.05) is 23.2 Å². The van der Waals surface area contributed by atoms with E-state index in [9.17, 15) is 9.59 Å². The zero-order valence-electron chi connectivity index (χ0n) is 22.7. The van der Waals surface area contributed by atoms with Crippen LogP contribution in [-0.2, 0) is 14.3 Å². The zero-order valence-corrected chi connectivity index (χ0v) is 22.7. The molecule has 0 saturated carbocycles. The summed E-state index contributed by atoms with van der Waals surface area (Å²) in [6.07, 6.45) is 5.23. The van der Waals surface area contributed by atoms with Crippen molar-refractivity contribution in [2.45, 2.75) is 38.6 Å². The van der Waals surface area contributed by atoms with E-state index in [1.165, 1.54) is 0 Å². The number of benzene rings is 1. The molecule has 9 heteroatoms. The molecular formula is C29H38N6O3. The van der Waals surface area contributed by atoms with Crippen molar-refractivity contribution in [2.75, 3.05) is 58.4 Å². The van der Waals surface area contributed by atoms with Gasteiger partial charge in [0.1, 0.15) is 5.82 Å². The van der Waals surface area contributed by atoms with Crippen LogP contribution in [0.4, 0.5) is 5.82 Å². The van der Waals surface area contributed by atoms with Gasteiger partial charge >= 0.3 is 0 Å². The van der Waals surface area contributed by atoms with E-state index < -0.39 is 0 Å². The summed E-state index contributed by atoms with van der Waals surface area (Å²) in [5.41, 5.74) is 10.4. The summed E-state index contributed by atoms with van der Waals surface area (Å²) in [7, 11) is 3.61. The molecule has 4 heterocycles. The number of carbonyl (C=O) groups is 2. The second kappa shape index (κ2) is 11.1. The van der Waals surface area contributed by atoms with Crippen LogP contribution >= 0.6 is 0 Å². The minimum Gasteiger partial charge on any atom is -0.398 e. The third-order valence-corrected chi connectivity index (χ3v) is 7.96. The summed E-state index contributed by atoms with van der Waals surface area (Å²) in [5, 5.41) is 2.01. The number of pyridine rings is 1. The van der Waals surface area contributed by atoms with Crippen LogP contribution in [0, 0.1) is 5.92 Å². The van der Waals surface area contributed by atoms with Crippen molar-refractivity contribution in [3.63, 3.8) is 0 Å². The number of nitrogens with two attached hydrogens (primary N) is 1. The Morgan fingerprint density at radius 2 is 1.95 bits per heavy atom. The van der Waals surface area contributed by atoms with Crippen LogP contribution in [0.5, 0.6) is 0 Å². The number of fused-ring (bicyclic) bond motifs is 1. The van der Waals surface area contributed by atoms with Crippen LogP contribution in [0.25, 0.3) is 16.5 Å². The molecule has 202 valence electrons. The minimum atomic E-state index is -0.00170. The topological polar surface area (TPSA) is 104 Å². The Balaban J connectivity index is 1.48. The first kappa shape index (κ1) is 26.2. The van der Waals surface area contributed by atoms with Gasteiger partial charge in [0.2, 0.25) is 11.8 Å². The zero-order chi connectivity index (χ0) is 26.8. The fourth-order valence-corrected chi connectivity index (χ4v) is 5.70. The molecule has 1 aromatic carbocycles. The van der Waals surface area contributed by atoms with Gasteiger partial charge in [0, 0.05) is 101 Å². The predicted octanol–water partition coefficient (Wildman–Crippen LogP) is 2.69. The third kappa shape index (κ3) is 5.38. The van der Waals surface area contributed by atoms with E-state index in [0.717, 1.165) is 72.5 Å². The molecule has 1 atom stereocenters. The van der Waals surface area contributed by atoms with Crippen molar-refractivity contribution in [2.24, 2.45) is 16.6 Å². The van der Waals surface area contributed by atoms with Crippen LogP contribution in [0.2, 0.25) is 0 Å². The lowest BCUT2D eigenvalue weighted by Gasteiger charge is -2.31. The van der Waals surface area contributed by atoms with Gasteiger partial charge in [-0.25, -0.2) is 4.98 Å². The molecule has 1 aromatic heterocycles. The highest BCUT2D eigenvalue weighted by molar-refractivity contribution is 6.10. The number of rotatable bonds is 4. The number of amides is 2. The van der Waals surface area contributed by atoms with E-state index in [1.54, 1.807) is 25.9 Å². The quantitative estimate of drug-likeness (QED) is 0.668. The van der Waals surface area contributed by atoms with Gasteiger partial charge < -0.3 is 25.2 Å². The fraction of sp³-hybridized carbons (Fsp3) is 0.517. The Hall–Kier alpha value is -3.46. The van der Waals surface area contributed by atoms with Crippen molar-refractivity contribution in [1.29, 1.82) is 0 Å². The van der Waals surface area contributed by atoms with E-state index in [4.69, 9.17) is 20.4 Å². The molecule has 3 saturated heterocycles. The Kier molecular flexibility index (Phi) is 7.65. The summed E-state index contributed by atoms with van der Waals surface area (Å²) in [5.74, 6) is 1.08. The highest BCUT2D eigenvalue weighted by Crippen LogP contribution is 2.31. The number of piperidine rings is 1. The SMILES string of the molecule is CC(=O)N1CCC(=NC2CCOCC2)C(=C(N)c2cccc3cc(N4CCC(C(=O)N(C)C)C4)ncc23)C1. The number of hydrogen-bond acceptors (Lipinski definition) is 7. The first-order chi connectivity index (χ1) is 18.3. The maximum atomic E-state index is 12.4. The third-order valence-electron chi connectivity index (χ3n) is 7.96. The van der Waals surface area contributed by atoms with Gasteiger partial charge in [0.25, 0.3) is 0 Å². The lowest BCUT2D eigenvalue weighted by Crippen LogP contribution is -2.40. The lowest BCUT2D eigenvalue weighted by atomic mass is 9.94. The molecule has 0 radical (unpaired) electrons. The van der Waals surface area contributed by atoms with Crippen molar-refractivity contribution in [3.8, 4) is 0 Å². The van der Waals surface area contributed by atoms with E-state index >= 15 is 0 Å². The number of aromatic nitrogens is 1. The molecule has 1 unspecified atom stereocenters. The van der Waals surface area contributed by atoms with Crippen LogP contribution in [0.15, 0.2) is 41.0 Å². The monoisotopic (exact) mass is 518 g/mol. The molecule has 0 aliphatic carbocycles. The average molecular weight is 519 g/mol. The number of hydrogen-bond donors (Lipinski definition) is 1. The number of nitrogens with zero attached hydrogens (tertiary/aromatic N) is 5. The molecule has 3 fully saturated rings. The molecule has 38 heavy (non-hydrogen) atoms. The molecule has 5 rings (SSSR count). The normalized spacial score (nSPS) is 23.2. The van der Waals surface area contributed by atoms with Gasteiger partial charge in [0.15, 0.2) is 0 Å². The van der Waals surface area contributed by atoms with Gasteiger partial charge in [-0.15, -0.1) is 0 Å². The minimum absolute atomic E-state index is 0.00170. The largest absolute Gasteiger partial charge is 0.398 e. The smallest absolute Gasteiger partial charge is 0.227 e. The van der Waals surface area contributed by atoms with E-state index in [-0.39, 0.29) is 23.8 Å². The molecule has 3 aliphatic rings. The Morgan fingerprint density at radius 3 is 2.68 bits per heavy atom. The Bertz CT molecular complexity index is 1280. The van der Waals surface area contributed by atoms with Crippen LogP contribution in [-0.4, -0.2) is 91.8 Å². The molecule has 2 amide bonds. The average Bonchev–Trinajstić information content (AvgIpc) is 3.42. The van der Waals surface area contributed by atoms with E-state index in [2.05, 4.69) is 17.0 Å². The summed E-state index contributed by atoms with van der Waals surface area (Å²) in [6, 6.07) is 8.41. The van der Waals surface area contributed by atoms with Crippen molar-refractivity contribution in [3.05, 3.63) is 41.6 Å². The Labute approximate surface area is 224 Å². The van der Waals surface area contributed by atoms with Crippen molar-refractivity contribution < 1.29 is 14.3 Å². The fourth-order valence-electron chi connectivity index (χ4n) is 5.70. The molecule has 0 bridgehead atoms. The maximum Gasteiger partial charge on any atom is 0.227 e. The van der Waals surface area contributed by atoms with Crippen LogP contribution < -0.4 is 10.6 Å². The number of ether oxygens (including phenoxy) is 1. The summed E-state index contributed by atoms with van der Waals surface area (Å²) in [4.78, 5) is 40.3. The highest BCUT2D eigenvalue weighted by atomic mass is 16.5. The number of anilines is 1. The van der Waals surface area contributed by atoms with Gasteiger partial charge in [-0.2, -0.15) is 0 Å². The van der Waals surface area contributed by atoms with Crippen LogP contribution in [0.1, 0.15) is 38.2 Å². The predicted molar refractivity (Wildman–Crippen MR) is 150 cm³/mol. The standard InChI is InChI=1S/C29H38N6O3/c1-19(36)34-12-8-26(32-22-9-13-38-14-10-22)25(18-34)28(30)23-6-4-5-20-15-27(31-16-24(20)23)35-11-7-21(17-35)29(37)33(2)3/h4-6,15-16,21-22H,7-14,17-18,30H2,1-3H3. The number of carbonyl (C=O) groups excluding carboxylic acids is 2.